The Morgan fingerprint density at radius 2 is 2.38 bits per heavy atom. The van der Waals surface area contributed by atoms with E-state index in [4.69, 9.17) is 0 Å². The summed E-state index contributed by atoms with van der Waals surface area (Å²) in [5.41, 5.74) is 5.23. The highest BCUT2D eigenvalue weighted by Crippen LogP contribution is 2.26. The fraction of sp³-hybridized carbons (Fsp3) is 0.333. The lowest BCUT2D eigenvalue weighted by atomic mass is 10.0. The lowest BCUT2D eigenvalue weighted by Gasteiger charge is -2.05. The summed E-state index contributed by atoms with van der Waals surface area (Å²) in [6.45, 7) is 7.26. The first kappa shape index (κ1) is 8.36. The lowest BCUT2D eigenvalue weighted by Crippen LogP contribution is -1.91. The molecule has 0 aromatic heterocycles. The molecule has 1 aromatic carbocycles. The van der Waals surface area contributed by atoms with E-state index in [2.05, 4.69) is 37.0 Å². The van der Waals surface area contributed by atoms with Crippen LogP contribution in [0.1, 0.15) is 24.5 Å². The van der Waals surface area contributed by atoms with Gasteiger partial charge in [-0.05, 0) is 35.6 Å². The highest BCUT2D eigenvalue weighted by molar-refractivity contribution is 5.69. The fourth-order valence-corrected chi connectivity index (χ4v) is 1.71. The summed E-state index contributed by atoms with van der Waals surface area (Å²) in [7, 11) is 0. The Labute approximate surface area is 79.5 Å². The van der Waals surface area contributed by atoms with Gasteiger partial charge in [-0.15, -0.1) is 0 Å². The van der Waals surface area contributed by atoms with Gasteiger partial charge in [0.05, 0.1) is 0 Å². The normalized spacial score (nSPS) is 13.6. The molecule has 0 bridgehead atoms. The number of benzene rings is 1. The van der Waals surface area contributed by atoms with Gasteiger partial charge in [0.15, 0.2) is 0 Å². The van der Waals surface area contributed by atoms with Crippen LogP contribution in [0.25, 0.3) is 5.57 Å². The van der Waals surface area contributed by atoms with E-state index in [9.17, 15) is 0 Å². The van der Waals surface area contributed by atoms with E-state index in [1.807, 2.05) is 0 Å². The minimum absolute atomic E-state index is 1.03. The van der Waals surface area contributed by atoms with E-state index in [0.717, 1.165) is 19.4 Å². The van der Waals surface area contributed by atoms with Crippen LogP contribution in [-0.4, -0.2) is 6.54 Å². The molecular weight excluding hydrogens is 158 g/mol. The lowest BCUT2D eigenvalue weighted by molar-refractivity contribution is 1.11. The van der Waals surface area contributed by atoms with Gasteiger partial charge >= 0.3 is 0 Å². The first-order valence-electron chi connectivity index (χ1n) is 4.86. The number of hydrogen-bond donors (Lipinski definition) is 1. The van der Waals surface area contributed by atoms with Crippen LogP contribution in [0.2, 0.25) is 0 Å². The van der Waals surface area contributed by atoms with Crippen molar-refractivity contribution in [3.8, 4) is 0 Å². The molecule has 0 spiro atoms. The Kier molecular flexibility index (Phi) is 2.09. The second-order valence-electron chi connectivity index (χ2n) is 3.51. The smallest absolute Gasteiger partial charge is 0.0379 e. The maximum absolute atomic E-state index is 4.04. The summed E-state index contributed by atoms with van der Waals surface area (Å²) in [6, 6.07) is 6.61. The van der Waals surface area contributed by atoms with E-state index in [1.54, 1.807) is 0 Å². The van der Waals surface area contributed by atoms with Crippen LogP contribution in [0, 0.1) is 0 Å². The second kappa shape index (κ2) is 3.25. The van der Waals surface area contributed by atoms with Crippen LogP contribution in [-0.2, 0) is 6.42 Å². The number of hydrogen-bond acceptors (Lipinski definition) is 1. The molecule has 0 atom stereocenters. The quantitative estimate of drug-likeness (QED) is 0.724. The fourth-order valence-electron chi connectivity index (χ4n) is 1.71. The van der Waals surface area contributed by atoms with Gasteiger partial charge in [-0.1, -0.05) is 25.6 Å². The number of anilines is 1. The number of rotatable bonds is 2. The first-order valence-corrected chi connectivity index (χ1v) is 4.86. The molecule has 0 radical (unpaired) electrons. The molecule has 1 heteroatoms. The molecule has 1 aromatic rings. The highest BCUT2D eigenvalue weighted by Gasteiger charge is 2.09. The Morgan fingerprint density at radius 1 is 1.54 bits per heavy atom. The van der Waals surface area contributed by atoms with E-state index >= 15 is 0 Å². The monoisotopic (exact) mass is 173 g/mol. The molecule has 0 fully saturated rings. The van der Waals surface area contributed by atoms with Crippen LogP contribution in [0.4, 0.5) is 5.69 Å². The molecule has 1 aliphatic rings. The topological polar surface area (TPSA) is 12.0 Å². The minimum atomic E-state index is 1.03. The Bertz CT molecular complexity index is 339. The van der Waals surface area contributed by atoms with Gasteiger partial charge in [-0.2, -0.15) is 0 Å². The van der Waals surface area contributed by atoms with E-state index in [-0.39, 0.29) is 0 Å². The minimum Gasteiger partial charge on any atom is -0.384 e. The maximum Gasteiger partial charge on any atom is 0.0379 e. The zero-order valence-corrected chi connectivity index (χ0v) is 8.06. The molecule has 0 saturated heterocycles. The van der Waals surface area contributed by atoms with Crippen LogP contribution in [0.15, 0.2) is 24.8 Å². The second-order valence-corrected chi connectivity index (χ2v) is 3.51. The van der Waals surface area contributed by atoms with Crippen molar-refractivity contribution in [1.29, 1.82) is 0 Å². The molecule has 1 aliphatic heterocycles. The van der Waals surface area contributed by atoms with Gasteiger partial charge in [-0.3, -0.25) is 0 Å². The summed E-state index contributed by atoms with van der Waals surface area (Å²) in [5.74, 6) is 0. The van der Waals surface area contributed by atoms with Gasteiger partial charge in [0, 0.05) is 12.2 Å². The van der Waals surface area contributed by atoms with Crippen molar-refractivity contribution in [2.24, 2.45) is 0 Å². The first-order chi connectivity index (χ1) is 6.31. The summed E-state index contributed by atoms with van der Waals surface area (Å²) >= 11 is 0. The van der Waals surface area contributed by atoms with Crippen molar-refractivity contribution in [2.75, 3.05) is 11.9 Å². The van der Waals surface area contributed by atoms with Gasteiger partial charge < -0.3 is 5.32 Å². The zero-order chi connectivity index (χ0) is 9.26. The molecule has 1 heterocycles. The van der Waals surface area contributed by atoms with Crippen molar-refractivity contribution < 1.29 is 0 Å². The third-order valence-corrected chi connectivity index (χ3v) is 2.65. The van der Waals surface area contributed by atoms with Crippen molar-refractivity contribution in [3.05, 3.63) is 35.9 Å². The predicted octanol–water partition coefficient (Wildman–Crippen LogP) is 3.08. The van der Waals surface area contributed by atoms with Gasteiger partial charge in [0.1, 0.15) is 0 Å². The molecule has 13 heavy (non-hydrogen) atoms. The molecule has 2 rings (SSSR count). The van der Waals surface area contributed by atoms with Crippen LogP contribution in [0.5, 0.6) is 0 Å². The molecule has 0 saturated carbocycles. The Balaban J connectivity index is 2.36. The highest BCUT2D eigenvalue weighted by atomic mass is 14.9. The Morgan fingerprint density at radius 3 is 3.15 bits per heavy atom. The third-order valence-electron chi connectivity index (χ3n) is 2.65. The standard InChI is InChI=1S/C12H15N/c1-3-9(2)11-5-4-10-6-7-13-12(10)8-11/h4-5,8,13H,2-3,6-7H2,1H3. The summed E-state index contributed by atoms with van der Waals surface area (Å²) in [5, 5.41) is 3.38. The van der Waals surface area contributed by atoms with Crippen molar-refractivity contribution in [2.45, 2.75) is 19.8 Å². The number of allylic oxidation sites excluding steroid dienone is 1. The number of fused-ring (bicyclic) bond motifs is 1. The van der Waals surface area contributed by atoms with E-state index in [1.165, 1.54) is 22.4 Å². The average Bonchev–Trinajstić information content (AvgIpc) is 2.63. The third kappa shape index (κ3) is 1.46. The largest absolute Gasteiger partial charge is 0.384 e. The molecule has 0 aliphatic carbocycles. The summed E-state index contributed by atoms with van der Waals surface area (Å²) in [6.07, 6.45) is 2.19. The maximum atomic E-state index is 4.04. The summed E-state index contributed by atoms with van der Waals surface area (Å²) in [4.78, 5) is 0. The van der Waals surface area contributed by atoms with Crippen molar-refractivity contribution in [1.82, 2.24) is 0 Å². The van der Waals surface area contributed by atoms with Gasteiger partial charge in [-0.25, -0.2) is 0 Å². The molecule has 0 amide bonds. The molecule has 0 unspecified atom stereocenters. The van der Waals surface area contributed by atoms with Crippen LogP contribution in [0.3, 0.4) is 0 Å². The van der Waals surface area contributed by atoms with E-state index in [0.29, 0.717) is 0 Å². The van der Waals surface area contributed by atoms with Gasteiger partial charge in [0.2, 0.25) is 0 Å². The molecule has 1 N–H and O–H groups in total. The molecular formula is C12H15N. The zero-order valence-electron chi connectivity index (χ0n) is 8.06. The van der Waals surface area contributed by atoms with Crippen LogP contribution < -0.4 is 5.32 Å². The van der Waals surface area contributed by atoms with Gasteiger partial charge in [0.25, 0.3) is 0 Å². The van der Waals surface area contributed by atoms with Crippen molar-refractivity contribution in [3.63, 3.8) is 0 Å². The predicted molar refractivity (Wildman–Crippen MR) is 58.0 cm³/mol. The Hall–Kier alpha value is -1.24. The SMILES string of the molecule is C=C(CC)c1ccc2c(c1)NCC2. The molecule has 68 valence electrons. The molecule has 1 nitrogen and oxygen atoms in total. The average molecular weight is 173 g/mol. The van der Waals surface area contributed by atoms with Crippen LogP contribution >= 0.6 is 0 Å². The summed E-state index contributed by atoms with van der Waals surface area (Å²) < 4.78 is 0. The van der Waals surface area contributed by atoms with E-state index < -0.39 is 0 Å². The van der Waals surface area contributed by atoms with Crippen molar-refractivity contribution >= 4 is 11.3 Å². The number of nitrogens with one attached hydrogen (secondary N) is 1.